The van der Waals surface area contributed by atoms with Gasteiger partial charge in [-0.2, -0.15) is 9.97 Å². The third-order valence-corrected chi connectivity index (χ3v) is 7.91. The smallest absolute Gasteiger partial charge is 0.352 e. The average molecular weight is 571 g/mol. The Morgan fingerprint density at radius 1 is 1.33 bits per heavy atom. The van der Waals surface area contributed by atoms with Gasteiger partial charge < -0.3 is 32.2 Å². The van der Waals surface area contributed by atoms with E-state index in [4.69, 9.17) is 23.1 Å². The lowest BCUT2D eigenvalue weighted by molar-refractivity contribution is -0.150. The molecule has 14 nitrogen and oxygen atoms in total. The molecule has 1 saturated heterocycles. The summed E-state index contributed by atoms with van der Waals surface area (Å²) in [6.07, 6.45) is 1.51. The van der Waals surface area contributed by atoms with Crippen LogP contribution in [-0.2, 0) is 14.4 Å². The maximum Gasteiger partial charge on any atom is 0.352 e. The Labute approximate surface area is 219 Å². The van der Waals surface area contributed by atoms with Crippen LogP contribution in [0.3, 0.4) is 0 Å². The van der Waals surface area contributed by atoms with Gasteiger partial charge in [0.05, 0.1) is 0 Å². The van der Waals surface area contributed by atoms with E-state index in [0.717, 1.165) is 28.0 Å². The van der Waals surface area contributed by atoms with Crippen molar-refractivity contribution in [1.29, 1.82) is 0 Å². The lowest BCUT2D eigenvalue weighted by Crippen LogP contribution is -2.71. The number of rotatable bonds is 7. The van der Waals surface area contributed by atoms with Gasteiger partial charge in [0.1, 0.15) is 38.0 Å². The van der Waals surface area contributed by atoms with Crippen molar-refractivity contribution in [3.05, 3.63) is 38.9 Å². The first-order valence-electron chi connectivity index (χ1n) is 9.63. The standard InChI is InChI=1S/C18H15ClN8O6S3/c19-12-8(25-17(21)36-12)9(26-33)13(28)24-10-14(29)27-11(16(30)31)5(4-35-15(10)27)1-2-34-7-3-6(20)22-18(32)23-7/h1-3,10,15,33H,4H2,(H2,21,25)(H,24,28)(H,30,31)(H3,20,22,23,32)/b2-1+,26-9-/t10-,15-/m1/s1. The van der Waals surface area contributed by atoms with Crippen LogP contribution in [0.5, 0.6) is 6.01 Å². The van der Waals surface area contributed by atoms with Crippen LogP contribution in [0.2, 0.25) is 4.34 Å². The van der Waals surface area contributed by atoms with Gasteiger partial charge in [-0.3, -0.25) is 14.5 Å². The van der Waals surface area contributed by atoms with Gasteiger partial charge in [0.15, 0.2) is 10.8 Å². The predicted octanol–water partition coefficient (Wildman–Crippen LogP) is 0.679. The Morgan fingerprint density at radius 3 is 2.69 bits per heavy atom. The van der Waals surface area contributed by atoms with E-state index in [1.54, 1.807) is 0 Å². The van der Waals surface area contributed by atoms with Crippen molar-refractivity contribution in [1.82, 2.24) is 25.2 Å². The van der Waals surface area contributed by atoms with E-state index in [-0.39, 0.29) is 32.4 Å². The number of β-lactam (4-membered cyclic amide) rings is 1. The molecular weight excluding hydrogens is 556 g/mol. The molecule has 1 fully saturated rings. The number of carbonyl (C=O) groups excluding carboxylic acids is 2. The number of nitrogen functional groups attached to an aromatic ring is 2. The summed E-state index contributed by atoms with van der Waals surface area (Å²) >= 11 is 9.14. The van der Waals surface area contributed by atoms with Crippen LogP contribution in [0.25, 0.3) is 0 Å². The number of fused-ring (bicyclic) bond motifs is 1. The zero-order valence-corrected chi connectivity index (χ0v) is 20.9. The molecule has 2 aromatic rings. The Morgan fingerprint density at radius 2 is 2.08 bits per heavy atom. The molecule has 0 aromatic carbocycles. The summed E-state index contributed by atoms with van der Waals surface area (Å²) in [5.74, 6) is -2.64. The molecule has 0 aliphatic carbocycles. The number of nitrogens with zero attached hydrogens (tertiary/aromatic N) is 5. The molecule has 2 amide bonds. The summed E-state index contributed by atoms with van der Waals surface area (Å²) in [6.45, 7) is 0. The quantitative estimate of drug-likeness (QED) is 0.0672. The van der Waals surface area contributed by atoms with Crippen molar-refractivity contribution in [2.24, 2.45) is 5.16 Å². The Hall–Kier alpha value is -3.54. The van der Waals surface area contributed by atoms with E-state index in [1.165, 1.54) is 29.3 Å². The number of amides is 2. The molecule has 2 aliphatic rings. The van der Waals surface area contributed by atoms with Gasteiger partial charge in [0.25, 0.3) is 11.8 Å². The molecule has 18 heteroatoms. The first-order valence-corrected chi connectivity index (χ1v) is 12.8. The number of carboxylic acids is 1. The second kappa shape index (κ2) is 10.2. The molecule has 2 atom stereocenters. The molecule has 188 valence electrons. The molecule has 0 bridgehead atoms. The molecule has 8 N–H and O–H groups in total. The van der Waals surface area contributed by atoms with Crippen molar-refractivity contribution in [3.8, 4) is 6.01 Å². The third kappa shape index (κ3) is 4.90. The molecule has 0 unspecified atom stereocenters. The largest absolute Gasteiger partial charge is 0.479 e. The maximum atomic E-state index is 12.8. The summed E-state index contributed by atoms with van der Waals surface area (Å²) in [7, 11) is 0. The SMILES string of the molecule is Nc1cc(S/C=C/C2=C(C(=O)O)N3C(=O)[C@@H](NC(=O)/C(=N\O)c4nc(N)sc4Cl)[C@H]3SC2)nc(O)n1. The minimum atomic E-state index is -1.32. The molecule has 0 saturated carbocycles. The summed E-state index contributed by atoms with van der Waals surface area (Å²) in [5, 5.41) is 35.1. The summed E-state index contributed by atoms with van der Waals surface area (Å²) < 4.78 is 0.0225. The van der Waals surface area contributed by atoms with Crippen molar-refractivity contribution >= 4 is 80.9 Å². The number of carbonyl (C=O) groups is 3. The van der Waals surface area contributed by atoms with E-state index < -0.39 is 40.9 Å². The minimum absolute atomic E-state index is 0.0225. The van der Waals surface area contributed by atoms with Gasteiger partial charge in [0, 0.05) is 11.8 Å². The Bertz CT molecular complexity index is 1340. The van der Waals surface area contributed by atoms with E-state index in [0.29, 0.717) is 10.6 Å². The molecule has 0 radical (unpaired) electrons. The number of nitrogens with one attached hydrogen (secondary N) is 1. The second-order valence-electron chi connectivity index (χ2n) is 7.01. The fourth-order valence-corrected chi connectivity index (χ4v) is 6.26. The highest BCUT2D eigenvalue weighted by Crippen LogP contribution is 2.41. The van der Waals surface area contributed by atoms with E-state index >= 15 is 0 Å². The fourth-order valence-electron chi connectivity index (χ4n) is 3.32. The van der Waals surface area contributed by atoms with Gasteiger partial charge in [-0.15, -0.1) is 11.8 Å². The summed E-state index contributed by atoms with van der Waals surface area (Å²) in [4.78, 5) is 49.8. The second-order valence-corrected chi connectivity index (χ2v) is 10.7. The van der Waals surface area contributed by atoms with Crippen LogP contribution in [0, 0.1) is 0 Å². The molecule has 2 aliphatic heterocycles. The van der Waals surface area contributed by atoms with Gasteiger partial charge in [0.2, 0.25) is 0 Å². The molecule has 4 heterocycles. The van der Waals surface area contributed by atoms with E-state index in [1.807, 2.05) is 0 Å². The molecule has 36 heavy (non-hydrogen) atoms. The highest BCUT2D eigenvalue weighted by molar-refractivity contribution is 8.02. The number of oxime groups is 1. The van der Waals surface area contributed by atoms with E-state index in [9.17, 15) is 29.8 Å². The Kier molecular flexibility index (Phi) is 7.25. The van der Waals surface area contributed by atoms with Crippen LogP contribution in [-0.4, -0.2) is 75.9 Å². The number of aliphatic carboxylic acids is 1. The average Bonchev–Trinajstić information content (AvgIpc) is 3.14. The zero-order valence-electron chi connectivity index (χ0n) is 17.7. The number of halogens is 1. The van der Waals surface area contributed by atoms with Gasteiger partial charge in [-0.05, 0) is 17.1 Å². The number of nitrogens with two attached hydrogens (primary N) is 2. The topological polar surface area (TPSA) is 230 Å². The zero-order chi connectivity index (χ0) is 26.1. The number of thioether (sulfide) groups is 2. The fraction of sp³-hybridized carbons (Fsp3) is 0.167. The molecular formula is C18H15ClN8O6S3. The molecule has 4 rings (SSSR count). The van der Waals surface area contributed by atoms with Crippen molar-refractivity contribution in [3.63, 3.8) is 0 Å². The predicted molar refractivity (Wildman–Crippen MR) is 133 cm³/mol. The van der Waals surface area contributed by atoms with Crippen LogP contribution in [0.1, 0.15) is 5.69 Å². The number of aromatic hydroxyl groups is 1. The van der Waals surface area contributed by atoms with Crippen LogP contribution < -0.4 is 16.8 Å². The number of carboxylic acid groups (broad SMARTS) is 1. The van der Waals surface area contributed by atoms with Crippen molar-refractivity contribution in [2.75, 3.05) is 17.2 Å². The molecule has 2 aromatic heterocycles. The Balaban J connectivity index is 1.49. The number of aromatic nitrogens is 3. The van der Waals surface area contributed by atoms with Gasteiger partial charge >= 0.3 is 12.0 Å². The van der Waals surface area contributed by atoms with Gasteiger partial charge in [-0.1, -0.05) is 39.9 Å². The van der Waals surface area contributed by atoms with Crippen molar-refractivity contribution < 1.29 is 29.8 Å². The molecule has 0 spiro atoms. The van der Waals surface area contributed by atoms with E-state index in [2.05, 4.69) is 25.4 Å². The number of allylic oxidation sites excluding steroid dienone is 1. The number of hydrogen-bond donors (Lipinski definition) is 6. The van der Waals surface area contributed by atoms with Crippen LogP contribution in [0.4, 0.5) is 10.9 Å². The number of hydrogen-bond acceptors (Lipinski definition) is 14. The van der Waals surface area contributed by atoms with Crippen LogP contribution >= 0.6 is 46.5 Å². The lowest BCUT2D eigenvalue weighted by Gasteiger charge is -2.49. The first-order chi connectivity index (χ1) is 17.1. The normalized spacial score (nSPS) is 19.9. The van der Waals surface area contributed by atoms with Crippen LogP contribution in [0.15, 0.2) is 39.0 Å². The lowest BCUT2D eigenvalue weighted by atomic mass is 10.0. The van der Waals surface area contributed by atoms with Gasteiger partial charge in [-0.25, -0.2) is 9.78 Å². The maximum absolute atomic E-state index is 12.8. The number of thiazole rings is 1. The summed E-state index contributed by atoms with van der Waals surface area (Å²) in [6, 6.07) is -0.146. The highest BCUT2D eigenvalue weighted by atomic mass is 35.5. The monoisotopic (exact) mass is 570 g/mol. The minimum Gasteiger partial charge on any atom is -0.479 e. The third-order valence-electron chi connectivity index (χ3n) is 4.80. The highest BCUT2D eigenvalue weighted by Gasteiger charge is 2.54. The first kappa shape index (κ1) is 25.5. The summed E-state index contributed by atoms with van der Waals surface area (Å²) in [5.41, 5.74) is 10.6. The number of anilines is 2. The van der Waals surface area contributed by atoms with Crippen molar-refractivity contribution in [2.45, 2.75) is 16.4 Å².